The van der Waals surface area contributed by atoms with Crippen LogP contribution in [0.3, 0.4) is 0 Å². The Morgan fingerprint density at radius 3 is 2.33 bits per heavy atom. The zero-order valence-electron chi connectivity index (χ0n) is 13.4. The summed E-state index contributed by atoms with van der Waals surface area (Å²) in [6.07, 6.45) is 0. The molecule has 0 saturated carbocycles. The highest BCUT2D eigenvalue weighted by Gasteiger charge is 2.13. The van der Waals surface area contributed by atoms with Crippen molar-refractivity contribution in [1.29, 1.82) is 0 Å². The first-order valence-electron chi connectivity index (χ1n) is 7.20. The average molecular weight is 294 g/mol. The molecule has 0 aromatic carbocycles. The van der Waals surface area contributed by atoms with Gasteiger partial charge in [0.25, 0.3) is 0 Å². The van der Waals surface area contributed by atoms with Gasteiger partial charge in [0.05, 0.1) is 6.54 Å². The number of carbonyl (C=O) groups excluding carboxylic acids is 1. The van der Waals surface area contributed by atoms with E-state index in [0.29, 0.717) is 29.9 Å². The fourth-order valence-corrected chi connectivity index (χ4v) is 1.65. The second-order valence-electron chi connectivity index (χ2n) is 5.75. The lowest BCUT2D eigenvalue weighted by Crippen LogP contribution is -2.33. The molecule has 7 heteroatoms. The highest BCUT2D eigenvalue weighted by molar-refractivity contribution is 5.80. The molecule has 0 aliphatic carbocycles. The lowest BCUT2D eigenvalue weighted by atomic mass is 10.2. The molecule has 21 heavy (non-hydrogen) atoms. The normalized spacial score (nSPS) is 10.9. The lowest BCUT2D eigenvalue weighted by molar-refractivity contribution is -0.119. The van der Waals surface area contributed by atoms with Gasteiger partial charge in [0.2, 0.25) is 5.91 Å². The summed E-state index contributed by atoms with van der Waals surface area (Å²) in [5, 5.41) is 5.90. The van der Waals surface area contributed by atoms with Crippen LogP contribution in [0.2, 0.25) is 0 Å². The molecule has 0 fully saturated rings. The molecule has 0 aliphatic rings. The standard InChI is InChI=1S/C14H26N6O/c1-8(2)6-16-11(21)7-17-13-10(5)14(20-15)19-12(18-13)9(3)4/h8-9H,6-7,15H2,1-5H3,(H,16,21)(H2,17,18,19,20). The minimum absolute atomic E-state index is 0.0601. The Labute approximate surface area is 126 Å². The molecule has 0 unspecified atom stereocenters. The van der Waals surface area contributed by atoms with Crippen molar-refractivity contribution in [2.24, 2.45) is 11.8 Å². The number of hydrazine groups is 1. The second kappa shape index (κ2) is 7.78. The van der Waals surface area contributed by atoms with E-state index >= 15 is 0 Å². The van der Waals surface area contributed by atoms with Gasteiger partial charge in [0.1, 0.15) is 17.5 Å². The van der Waals surface area contributed by atoms with Crippen LogP contribution in [0.25, 0.3) is 0 Å². The highest BCUT2D eigenvalue weighted by atomic mass is 16.1. The summed E-state index contributed by atoms with van der Waals surface area (Å²) < 4.78 is 0. The Morgan fingerprint density at radius 2 is 1.81 bits per heavy atom. The van der Waals surface area contributed by atoms with Gasteiger partial charge < -0.3 is 16.1 Å². The molecule has 0 saturated heterocycles. The maximum atomic E-state index is 11.7. The first-order chi connectivity index (χ1) is 9.85. The number of nitrogens with one attached hydrogen (secondary N) is 3. The summed E-state index contributed by atoms with van der Waals surface area (Å²) in [4.78, 5) is 20.5. The van der Waals surface area contributed by atoms with Crippen LogP contribution in [0, 0.1) is 12.8 Å². The molecule has 1 aromatic rings. The number of amides is 1. The molecule has 7 nitrogen and oxygen atoms in total. The van der Waals surface area contributed by atoms with E-state index in [0.717, 1.165) is 5.56 Å². The molecule has 0 spiro atoms. The largest absolute Gasteiger partial charge is 0.361 e. The summed E-state index contributed by atoms with van der Waals surface area (Å²) in [6.45, 7) is 10.8. The molecule has 0 aliphatic heterocycles. The Kier molecular flexibility index (Phi) is 6.36. The maximum Gasteiger partial charge on any atom is 0.239 e. The minimum Gasteiger partial charge on any atom is -0.361 e. The van der Waals surface area contributed by atoms with Gasteiger partial charge in [-0.25, -0.2) is 15.8 Å². The molecule has 1 aromatic heterocycles. The highest BCUT2D eigenvalue weighted by Crippen LogP contribution is 2.22. The molecule has 118 valence electrons. The van der Waals surface area contributed by atoms with Crippen LogP contribution in [0.5, 0.6) is 0 Å². The number of carbonyl (C=O) groups is 1. The SMILES string of the molecule is Cc1c(NN)nc(C(C)C)nc1NCC(=O)NCC(C)C. The van der Waals surface area contributed by atoms with Gasteiger partial charge in [-0.05, 0) is 12.8 Å². The van der Waals surface area contributed by atoms with Gasteiger partial charge in [-0.15, -0.1) is 0 Å². The van der Waals surface area contributed by atoms with Crippen molar-refractivity contribution in [3.05, 3.63) is 11.4 Å². The Balaban J connectivity index is 2.78. The Bertz CT molecular complexity index is 487. The van der Waals surface area contributed by atoms with E-state index in [2.05, 4.69) is 39.9 Å². The number of nitrogens with zero attached hydrogens (tertiary/aromatic N) is 2. The predicted octanol–water partition coefficient (Wildman–Crippen LogP) is 1.38. The number of nitrogen functional groups attached to an aromatic ring is 1. The third kappa shape index (κ3) is 5.18. The van der Waals surface area contributed by atoms with Crippen LogP contribution in [-0.4, -0.2) is 29.0 Å². The van der Waals surface area contributed by atoms with Crippen LogP contribution in [0.15, 0.2) is 0 Å². The van der Waals surface area contributed by atoms with Gasteiger partial charge >= 0.3 is 0 Å². The predicted molar refractivity (Wildman–Crippen MR) is 85.0 cm³/mol. The monoisotopic (exact) mass is 294 g/mol. The molecule has 1 heterocycles. The number of aromatic nitrogens is 2. The molecule has 1 amide bonds. The minimum atomic E-state index is -0.0601. The van der Waals surface area contributed by atoms with Crippen molar-refractivity contribution < 1.29 is 4.79 Å². The van der Waals surface area contributed by atoms with Crippen molar-refractivity contribution in [3.63, 3.8) is 0 Å². The van der Waals surface area contributed by atoms with E-state index in [4.69, 9.17) is 5.84 Å². The van der Waals surface area contributed by atoms with Crippen molar-refractivity contribution in [2.75, 3.05) is 23.8 Å². The van der Waals surface area contributed by atoms with Crippen LogP contribution < -0.4 is 21.9 Å². The second-order valence-corrected chi connectivity index (χ2v) is 5.75. The molecular weight excluding hydrogens is 268 g/mol. The number of anilines is 2. The van der Waals surface area contributed by atoms with Crippen molar-refractivity contribution in [2.45, 2.75) is 40.5 Å². The molecule has 0 bridgehead atoms. The molecule has 0 atom stereocenters. The molecule has 0 radical (unpaired) electrons. The van der Waals surface area contributed by atoms with Crippen molar-refractivity contribution >= 4 is 17.5 Å². The summed E-state index contributed by atoms with van der Waals surface area (Å²) in [5.41, 5.74) is 3.36. The lowest BCUT2D eigenvalue weighted by Gasteiger charge is -2.15. The van der Waals surface area contributed by atoms with Gasteiger partial charge in [-0.3, -0.25) is 4.79 Å². The summed E-state index contributed by atoms with van der Waals surface area (Å²) in [5.74, 6) is 7.89. The van der Waals surface area contributed by atoms with E-state index in [1.54, 1.807) is 0 Å². The Hall–Kier alpha value is -1.89. The van der Waals surface area contributed by atoms with E-state index in [1.165, 1.54) is 0 Å². The molecule has 5 N–H and O–H groups in total. The van der Waals surface area contributed by atoms with Crippen LogP contribution in [0.4, 0.5) is 11.6 Å². The van der Waals surface area contributed by atoms with E-state index < -0.39 is 0 Å². The number of hydrogen-bond donors (Lipinski definition) is 4. The van der Waals surface area contributed by atoms with Gasteiger partial charge in [-0.2, -0.15) is 0 Å². The van der Waals surface area contributed by atoms with Crippen LogP contribution >= 0.6 is 0 Å². The topological polar surface area (TPSA) is 105 Å². The molecular formula is C14H26N6O. The number of rotatable bonds is 7. The quantitative estimate of drug-likeness (QED) is 0.447. The third-order valence-corrected chi connectivity index (χ3v) is 2.94. The fraction of sp³-hybridized carbons (Fsp3) is 0.643. The summed E-state index contributed by atoms with van der Waals surface area (Å²) >= 11 is 0. The summed E-state index contributed by atoms with van der Waals surface area (Å²) in [7, 11) is 0. The number of nitrogens with two attached hydrogens (primary N) is 1. The van der Waals surface area contributed by atoms with E-state index in [9.17, 15) is 4.79 Å². The van der Waals surface area contributed by atoms with Crippen molar-refractivity contribution in [1.82, 2.24) is 15.3 Å². The van der Waals surface area contributed by atoms with Crippen molar-refractivity contribution in [3.8, 4) is 0 Å². The van der Waals surface area contributed by atoms with E-state index in [-0.39, 0.29) is 18.4 Å². The van der Waals surface area contributed by atoms with Crippen LogP contribution in [-0.2, 0) is 4.79 Å². The third-order valence-electron chi connectivity index (χ3n) is 2.94. The smallest absolute Gasteiger partial charge is 0.239 e. The van der Waals surface area contributed by atoms with Gasteiger partial charge in [-0.1, -0.05) is 27.7 Å². The first kappa shape index (κ1) is 17.2. The zero-order valence-corrected chi connectivity index (χ0v) is 13.4. The first-order valence-corrected chi connectivity index (χ1v) is 7.20. The zero-order chi connectivity index (χ0) is 16.0. The maximum absolute atomic E-state index is 11.7. The molecule has 1 rings (SSSR count). The number of hydrogen-bond acceptors (Lipinski definition) is 6. The fourth-order valence-electron chi connectivity index (χ4n) is 1.65. The Morgan fingerprint density at radius 1 is 1.19 bits per heavy atom. The summed E-state index contributed by atoms with van der Waals surface area (Å²) in [6, 6.07) is 0. The van der Waals surface area contributed by atoms with E-state index in [1.807, 2.05) is 20.8 Å². The average Bonchev–Trinajstić information content (AvgIpc) is 2.43. The van der Waals surface area contributed by atoms with Gasteiger partial charge in [0, 0.05) is 18.0 Å². The van der Waals surface area contributed by atoms with Gasteiger partial charge in [0.15, 0.2) is 0 Å². The van der Waals surface area contributed by atoms with Crippen LogP contribution in [0.1, 0.15) is 45.0 Å².